The summed E-state index contributed by atoms with van der Waals surface area (Å²) in [5.41, 5.74) is -3.73. The Balaban J connectivity index is 1.74. The van der Waals surface area contributed by atoms with Gasteiger partial charge in [-0.05, 0) is 53.5 Å². The van der Waals surface area contributed by atoms with Crippen molar-refractivity contribution in [1.29, 1.82) is 0 Å². The van der Waals surface area contributed by atoms with Crippen LogP contribution in [0.5, 0.6) is 5.75 Å². The predicted molar refractivity (Wildman–Crippen MR) is 120 cm³/mol. The number of tetrazole rings is 1. The highest BCUT2D eigenvalue weighted by Crippen LogP contribution is 2.50. The van der Waals surface area contributed by atoms with Gasteiger partial charge in [-0.2, -0.15) is 31.6 Å². The van der Waals surface area contributed by atoms with Crippen LogP contribution in [0.4, 0.5) is 30.7 Å². The molecule has 38 heavy (non-hydrogen) atoms. The van der Waals surface area contributed by atoms with Gasteiger partial charge in [0.15, 0.2) is 5.54 Å². The lowest BCUT2D eigenvalue weighted by Gasteiger charge is -2.41. The van der Waals surface area contributed by atoms with Crippen molar-refractivity contribution in [2.24, 2.45) is 0 Å². The summed E-state index contributed by atoms with van der Waals surface area (Å²) < 4.78 is 101. The van der Waals surface area contributed by atoms with Gasteiger partial charge < -0.3 is 10.1 Å². The molecule has 0 bridgehead atoms. The molecule has 1 unspecified atom stereocenters. The Labute approximate surface area is 211 Å². The summed E-state index contributed by atoms with van der Waals surface area (Å²) in [5, 5.41) is 14.9. The number of amides is 1. The largest absolute Gasteiger partial charge is 0.494 e. The molecule has 0 aliphatic carbocycles. The second-order valence-corrected chi connectivity index (χ2v) is 8.70. The van der Waals surface area contributed by atoms with Crippen LogP contribution in [0.1, 0.15) is 41.8 Å². The fourth-order valence-electron chi connectivity index (χ4n) is 4.20. The summed E-state index contributed by atoms with van der Waals surface area (Å²) in [6.45, 7) is 1.30. The van der Waals surface area contributed by atoms with Gasteiger partial charge in [0.1, 0.15) is 11.6 Å². The molecule has 2 heterocycles. The van der Waals surface area contributed by atoms with Crippen LogP contribution in [-0.2, 0) is 10.3 Å². The lowest BCUT2D eigenvalue weighted by Crippen LogP contribution is -2.58. The number of nitrogens with zero attached hydrogens (tertiary/aromatic N) is 3. The lowest BCUT2D eigenvalue weighted by molar-refractivity contribution is -0.201. The third kappa shape index (κ3) is 5.48. The standard InChI is InChI=1S/C24H20F7N5O2/c1-13-3-8-16(18(25)11-13)17-12-22(24(29,30)31,32-21(37)19(17)20-33-35-36-34-20)14-4-6-15(7-5-14)38-10-2-9-23(26,27)28/h3-8,11H,2,9-10,12H2,1H3,(H,32,37)(H,33,34,35,36). The summed E-state index contributed by atoms with van der Waals surface area (Å²) >= 11 is 0. The molecule has 0 saturated heterocycles. The van der Waals surface area contributed by atoms with Crippen molar-refractivity contribution in [2.75, 3.05) is 6.61 Å². The Kier molecular flexibility index (Phi) is 7.17. The first kappa shape index (κ1) is 27.1. The number of rotatable bonds is 7. The van der Waals surface area contributed by atoms with Crippen LogP contribution >= 0.6 is 0 Å². The number of carbonyl (C=O) groups is 1. The van der Waals surface area contributed by atoms with E-state index in [0.29, 0.717) is 5.56 Å². The maximum absolute atomic E-state index is 15.0. The number of aromatic nitrogens is 4. The lowest BCUT2D eigenvalue weighted by atomic mass is 9.76. The number of ether oxygens (including phenoxy) is 1. The number of halogens is 7. The Morgan fingerprint density at radius 3 is 2.34 bits per heavy atom. The van der Waals surface area contributed by atoms with E-state index in [1.54, 1.807) is 6.92 Å². The highest BCUT2D eigenvalue weighted by molar-refractivity contribution is 6.27. The maximum atomic E-state index is 15.0. The van der Waals surface area contributed by atoms with Crippen LogP contribution in [0, 0.1) is 12.7 Å². The van der Waals surface area contributed by atoms with E-state index in [1.165, 1.54) is 12.1 Å². The molecular weight excluding hydrogens is 523 g/mol. The van der Waals surface area contributed by atoms with Crippen LogP contribution < -0.4 is 10.1 Å². The van der Waals surface area contributed by atoms with Gasteiger partial charge in [0.2, 0.25) is 5.82 Å². The first-order chi connectivity index (χ1) is 17.8. The Morgan fingerprint density at radius 1 is 1.05 bits per heavy atom. The van der Waals surface area contributed by atoms with Crippen molar-refractivity contribution in [1.82, 2.24) is 25.9 Å². The van der Waals surface area contributed by atoms with Crippen LogP contribution in [0.15, 0.2) is 42.5 Å². The summed E-state index contributed by atoms with van der Waals surface area (Å²) in [5.74, 6) is -2.30. The fourth-order valence-corrected chi connectivity index (χ4v) is 4.20. The molecule has 202 valence electrons. The third-order valence-electron chi connectivity index (χ3n) is 6.02. The molecule has 0 radical (unpaired) electrons. The number of benzene rings is 2. The molecule has 1 atom stereocenters. The SMILES string of the molecule is Cc1ccc(C2=C(c3nn[nH]n3)C(=O)NC(c3ccc(OCCCC(F)(F)F)cc3)(C(F)(F)F)C2)c(F)c1. The first-order valence-electron chi connectivity index (χ1n) is 11.2. The van der Waals surface area contributed by atoms with Crippen molar-refractivity contribution in [3.05, 3.63) is 70.8 Å². The molecular formula is C24H20F7N5O2. The van der Waals surface area contributed by atoms with Crippen LogP contribution in [0.3, 0.4) is 0 Å². The minimum Gasteiger partial charge on any atom is -0.494 e. The zero-order valence-electron chi connectivity index (χ0n) is 19.7. The van der Waals surface area contributed by atoms with E-state index in [1.807, 2.05) is 5.32 Å². The molecule has 3 aromatic rings. The van der Waals surface area contributed by atoms with Gasteiger partial charge in [-0.3, -0.25) is 4.79 Å². The Morgan fingerprint density at radius 2 is 1.76 bits per heavy atom. The van der Waals surface area contributed by atoms with Crippen molar-refractivity contribution in [3.63, 3.8) is 0 Å². The van der Waals surface area contributed by atoms with Gasteiger partial charge in [-0.15, -0.1) is 10.2 Å². The van der Waals surface area contributed by atoms with Crippen molar-refractivity contribution in [2.45, 2.75) is 44.1 Å². The fraction of sp³-hybridized carbons (Fsp3) is 0.333. The van der Waals surface area contributed by atoms with Gasteiger partial charge >= 0.3 is 12.4 Å². The zero-order chi connectivity index (χ0) is 27.7. The highest BCUT2D eigenvalue weighted by Gasteiger charge is 2.60. The number of aryl methyl sites for hydroxylation is 1. The van der Waals surface area contributed by atoms with E-state index in [2.05, 4.69) is 20.6 Å². The average molecular weight is 543 g/mol. The summed E-state index contributed by atoms with van der Waals surface area (Å²) in [6.07, 6.45) is -11.7. The maximum Gasteiger partial charge on any atom is 0.416 e. The first-order valence-corrected chi connectivity index (χ1v) is 11.2. The molecule has 1 aliphatic heterocycles. The number of hydrogen-bond donors (Lipinski definition) is 2. The molecule has 7 nitrogen and oxygen atoms in total. The van der Waals surface area contributed by atoms with Gasteiger partial charge in [-0.1, -0.05) is 24.3 Å². The van der Waals surface area contributed by atoms with Crippen molar-refractivity contribution in [3.8, 4) is 5.75 Å². The van der Waals surface area contributed by atoms with E-state index in [9.17, 15) is 31.1 Å². The smallest absolute Gasteiger partial charge is 0.416 e. The molecule has 0 spiro atoms. The third-order valence-corrected chi connectivity index (χ3v) is 6.02. The molecule has 14 heteroatoms. The average Bonchev–Trinajstić information content (AvgIpc) is 3.35. The van der Waals surface area contributed by atoms with Gasteiger partial charge in [-0.25, -0.2) is 4.39 Å². The van der Waals surface area contributed by atoms with E-state index in [0.717, 1.165) is 30.3 Å². The van der Waals surface area contributed by atoms with E-state index in [-0.39, 0.29) is 41.3 Å². The van der Waals surface area contributed by atoms with E-state index in [4.69, 9.17) is 4.74 Å². The summed E-state index contributed by atoms with van der Waals surface area (Å²) in [6, 6.07) is 8.32. The van der Waals surface area contributed by atoms with Crippen LogP contribution in [0.2, 0.25) is 0 Å². The number of nitrogens with one attached hydrogen (secondary N) is 2. The molecule has 1 aromatic heterocycles. The molecule has 0 saturated carbocycles. The second-order valence-electron chi connectivity index (χ2n) is 8.70. The van der Waals surface area contributed by atoms with Gasteiger partial charge in [0.25, 0.3) is 5.91 Å². The number of carbonyl (C=O) groups excluding carboxylic acids is 1. The van der Waals surface area contributed by atoms with Gasteiger partial charge in [0, 0.05) is 18.4 Å². The predicted octanol–water partition coefficient (Wildman–Crippen LogP) is 5.26. The van der Waals surface area contributed by atoms with Crippen LogP contribution in [-0.4, -0.2) is 45.5 Å². The molecule has 1 amide bonds. The van der Waals surface area contributed by atoms with E-state index < -0.39 is 48.0 Å². The Hall–Kier alpha value is -3.97. The van der Waals surface area contributed by atoms with Gasteiger partial charge in [0.05, 0.1) is 12.2 Å². The normalized spacial score (nSPS) is 18.5. The van der Waals surface area contributed by atoms with E-state index >= 15 is 4.39 Å². The quantitative estimate of drug-likeness (QED) is 0.314. The van der Waals surface area contributed by atoms with Crippen LogP contribution in [0.25, 0.3) is 11.1 Å². The monoisotopic (exact) mass is 543 g/mol. The molecule has 4 rings (SSSR count). The molecule has 1 aliphatic rings. The molecule has 0 fully saturated rings. The molecule has 2 aromatic carbocycles. The van der Waals surface area contributed by atoms with Crippen molar-refractivity contribution < 1.29 is 40.3 Å². The van der Waals surface area contributed by atoms with Crippen molar-refractivity contribution >= 4 is 17.1 Å². The number of alkyl halides is 6. The summed E-state index contributed by atoms with van der Waals surface area (Å²) in [4.78, 5) is 13.2. The molecule has 2 N–H and O–H groups in total. The Bertz CT molecular complexity index is 1340. The highest BCUT2D eigenvalue weighted by atomic mass is 19.4. The number of aromatic amines is 1. The number of H-pyrrole nitrogens is 1. The summed E-state index contributed by atoms with van der Waals surface area (Å²) in [7, 11) is 0. The topological polar surface area (TPSA) is 92.8 Å². The zero-order valence-corrected chi connectivity index (χ0v) is 19.7. The second kappa shape index (κ2) is 10.1. The number of hydrogen-bond acceptors (Lipinski definition) is 5. The minimum absolute atomic E-state index is 0.0446. The minimum atomic E-state index is -5.05.